The van der Waals surface area contributed by atoms with E-state index in [1.54, 1.807) is 19.1 Å². The fraction of sp³-hybridized carbons (Fsp3) is 0.278. The van der Waals surface area contributed by atoms with Crippen molar-refractivity contribution >= 4 is 17.3 Å². The second-order valence-corrected chi connectivity index (χ2v) is 5.86. The molecule has 0 fully saturated rings. The van der Waals surface area contributed by atoms with Gasteiger partial charge in [0, 0.05) is 30.8 Å². The fourth-order valence-electron chi connectivity index (χ4n) is 3.15. The molecule has 1 aliphatic rings. The molecule has 0 saturated carbocycles. The maximum atomic E-state index is 12.0. The van der Waals surface area contributed by atoms with Gasteiger partial charge in [0.2, 0.25) is 5.91 Å². The number of benzene rings is 2. The van der Waals surface area contributed by atoms with E-state index in [0.717, 1.165) is 11.1 Å². The van der Waals surface area contributed by atoms with Gasteiger partial charge in [-0.2, -0.15) is 0 Å². The van der Waals surface area contributed by atoms with Crippen LogP contribution in [0, 0.1) is 10.1 Å². The summed E-state index contributed by atoms with van der Waals surface area (Å²) in [6.07, 6.45) is 0.506. The number of primary amides is 1. The number of nitro groups is 1. The van der Waals surface area contributed by atoms with E-state index in [1.165, 1.54) is 6.07 Å². The summed E-state index contributed by atoms with van der Waals surface area (Å²) in [5.74, 6) is -0.238. The van der Waals surface area contributed by atoms with E-state index >= 15 is 0 Å². The van der Waals surface area contributed by atoms with Gasteiger partial charge in [-0.3, -0.25) is 14.9 Å². The minimum absolute atomic E-state index is 0.0985. The lowest BCUT2D eigenvalue weighted by molar-refractivity contribution is -0.385. The normalized spacial score (nSPS) is 16.2. The van der Waals surface area contributed by atoms with Crippen LogP contribution >= 0.6 is 0 Å². The van der Waals surface area contributed by atoms with Crippen molar-refractivity contribution < 1.29 is 14.5 Å². The van der Waals surface area contributed by atoms with E-state index in [0.29, 0.717) is 25.3 Å². The first-order valence-corrected chi connectivity index (χ1v) is 8.05. The molecule has 7 nitrogen and oxygen atoms in total. The predicted octanol–water partition coefficient (Wildman–Crippen LogP) is 2.41. The van der Waals surface area contributed by atoms with Crippen LogP contribution in [0.1, 0.15) is 18.1 Å². The predicted molar refractivity (Wildman–Crippen MR) is 93.6 cm³/mol. The van der Waals surface area contributed by atoms with Crippen molar-refractivity contribution in [3.63, 3.8) is 0 Å². The van der Waals surface area contributed by atoms with Gasteiger partial charge in [0.15, 0.2) is 5.75 Å². The highest BCUT2D eigenvalue weighted by Crippen LogP contribution is 2.35. The Bertz CT molecular complexity index is 822. The number of hydrogen-bond donors (Lipinski definition) is 1. The summed E-state index contributed by atoms with van der Waals surface area (Å²) < 4.78 is 5.41. The van der Waals surface area contributed by atoms with Crippen LogP contribution in [0.5, 0.6) is 5.75 Å². The van der Waals surface area contributed by atoms with Crippen molar-refractivity contribution in [2.24, 2.45) is 5.73 Å². The lowest BCUT2D eigenvalue weighted by atomic mass is 9.93. The number of fused-ring (bicyclic) bond motifs is 1. The third-order valence-electron chi connectivity index (χ3n) is 4.35. The smallest absolute Gasteiger partial charge is 0.311 e. The van der Waals surface area contributed by atoms with Gasteiger partial charge in [0.1, 0.15) is 6.04 Å². The summed E-state index contributed by atoms with van der Waals surface area (Å²) >= 11 is 0. The van der Waals surface area contributed by atoms with Crippen LogP contribution in [0.25, 0.3) is 0 Å². The molecule has 0 radical (unpaired) electrons. The molecule has 0 bridgehead atoms. The largest absolute Gasteiger partial charge is 0.487 e. The van der Waals surface area contributed by atoms with E-state index < -0.39 is 16.9 Å². The number of carbonyl (C=O) groups is 1. The number of hydrogen-bond acceptors (Lipinski definition) is 5. The molecule has 1 atom stereocenters. The summed E-state index contributed by atoms with van der Waals surface area (Å²) in [5.41, 5.74) is 8.38. The second kappa shape index (κ2) is 6.80. The van der Waals surface area contributed by atoms with Crippen LogP contribution in [0.4, 0.5) is 11.4 Å². The molecule has 0 aromatic heterocycles. The zero-order valence-electron chi connectivity index (χ0n) is 13.8. The number of nitrogens with two attached hydrogens (primary N) is 1. The molecule has 25 heavy (non-hydrogen) atoms. The van der Waals surface area contributed by atoms with Crippen LogP contribution in [-0.2, 0) is 17.8 Å². The molecule has 1 aliphatic heterocycles. The number of ether oxygens (including phenoxy) is 1. The van der Waals surface area contributed by atoms with E-state index in [1.807, 2.05) is 29.2 Å². The minimum Gasteiger partial charge on any atom is -0.487 e. The van der Waals surface area contributed by atoms with E-state index in [2.05, 4.69) is 0 Å². The molecule has 0 unspecified atom stereocenters. The topological polar surface area (TPSA) is 98.7 Å². The summed E-state index contributed by atoms with van der Waals surface area (Å²) in [6.45, 7) is 2.58. The van der Waals surface area contributed by atoms with Gasteiger partial charge < -0.3 is 15.4 Å². The van der Waals surface area contributed by atoms with Crippen molar-refractivity contribution in [2.45, 2.75) is 25.9 Å². The third-order valence-corrected chi connectivity index (χ3v) is 4.35. The number of nitrogens with zero attached hydrogens (tertiary/aromatic N) is 2. The number of amides is 1. The van der Waals surface area contributed by atoms with Gasteiger partial charge in [-0.1, -0.05) is 24.3 Å². The average Bonchev–Trinajstić information content (AvgIpc) is 2.60. The van der Waals surface area contributed by atoms with E-state index in [4.69, 9.17) is 10.5 Å². The van der Waals surface area contributed by atoms with Gasteiger partial charge in [-0.05, 0) is 24.1 Å². The Morgan fingerprint density at radius 3 is 2.68 bits per heavy atom. The van der Waals surface area contributed by atoms with Gasteiger partial charge in [-0.25, -0.2) is 0 Å². The highest BCUT2D eigenvalue weighted by Gasteiger charge is 2.31. The molecule has 0 spiro atoms. The molecule has 0 aliphatic carbocycles. The number of rotatable bonds is 5. The Kier molecular flexibility index (Phi) is 4.56. The van der Waals surface area contributed by atoms with Crippen LogP contribution in [0.15, 0.2) is 42.5 Å². The lowest BCUT2D eigenvalue weighted by Gasteiger charge is -2.37. The first-order chi connectivity index (χ1) is 12.0. The third kappa shape index (κ3) is 3.26. The second-order valence-electron chi connectivity index (χ2n) is 5.86. The molecule has 2 aromatic rings. The Morgan fingerprint density at radius 1 is 1.32 bits per heavy atom. The van der Waals surface area contributed by atoms with Gasteiger partial charge in [0.05, 0.1) is 11.5 Å². The quantitative estimate of drug-likeness (QED) is 0.665. The summed E-state index contributed by atoms with van der Waals surface area (Å²) in [6, 6.07) is 12.0. The highest BCUT2D eigenvalue weighted by atomic mass is 16.6. The van der Waals surface area contributed by atoms with E-state index in [-0.39, 0.29) is 11.4 Å². The Balaban J connectivity index is 2.03. The van der Waals surface area contributed by atoms with Crippen molar-refractivity contribution in [3.05, 3.63) is 63.7 Å². The average molecular weight is 341 g/mol. The highest BCUT2D eigenvalue weighted by molar-refractivity contribution is 5.85. The zero-order chi connectivity index (χ0) is 18.0. The molecule has 2 N–H and O–H groups in total. The van der Waals surface area contributed by atoms with Crippen molar-refractivity contribution in [1.82, 2.24) is 0 Å². The Morgan fingerprint density at radius 2 is 2.04 bits per heavy atom. The van der Waals surface area contributed by atoms with Crippen molar-refractivity contribution in [3.8, 4) is 5.75 Å². The molecule has 7 heteroatoms. The Labute approximate surface area is 145 Å². The minimum atomic E-state index is -0.508. The molecular weight excluding hydrogens is 322 g/mol. The number of carbonyl (C=O) groups excluding carboxylic acids is 1. The van der Waals surface area contributed by atoms with Crippen LogP contribution < -0.4 is 15.4 Å². The number of nitro benzene ring substituents is 1. The Hall–Kier alpha value is -3.09. The summed E-state index contributed by atoms with van der Waals surface area (Å²) in [5, 5.41) is 11.2. The molecular formula is C18H19N3O4. The molecule has 2 aromatic carbocycles. The lowest BCUT2D eigenvalue weighted by Crippen LogP contribution is -2.48. The fourth-order valence-corrected chi connectivity index (χ4v) is 3.15. The van der Waals surface area contributed by atoms with Gasteiger partial charge >= 0.3 is 5.69 Å². The zero-order valence-corrected chi connectivity index (χ0v) is 13.8. The molecule has 130 valence electrons. The molecule has 1 amide bonds. The van der Waals surface area contributed by atoms with Gasteiger partial charge in [0.25, 0.3) is 0 Å². The SMILES string of the molecule is CCOc1cc(N2Cc3ccccc3C[C@@H]2C(N)=O)ccc1[N+](=O)[O-]. The number of anilines is 1. The summed E-state index contributed by atoms with van der Waals surface area (Å²) in [4.78, 5) is 24.5. The van der Waals surface area contributed by atoms with E-state index in [9.17, 15) is 14.9 Å². The van der Waals surface area contributed by atoms with Crippen molar-refractivity contribution in [2.75, 3.05) is 11.5 Å². The molecule has 1 heterocycles. The van der Waals surface area contributed by atoms with Gasteiger partial charge in [-0.15, -0.1) is 0 Å². The molecule has 3 rings (SSSR count). The standard InChI is InChI=1S/C18H19N3O4/c1-2-25-17-10-14(7-8-15(17)21(23)24)20-11-13-6-4-3-5-12(13)9-16(20)18(19)22/h3-8,10,16H,2,9,11H2,1H3,(H2,19,22)/t16-/m1/s1. The van der Waals surface area contributed by atoms with Crippen LogP contribution in [-0.4, -0.2) is 23.5 Å². The van der Waals surface area contributed by atoms with Crippen molar-refractivity contribution in [1.29, 1.82) is 0 Å². The maximum absolute atomic E-state index is 12.0. The van der Waals surface area contributed by atoms with Crippen LogP contribution in [0.3, 0.4) is 0 Å². The maximum Gasteiger partial charge on any atom is 0.311 e. The first-order valence-electron chi connectivity index (χ1n) is 8.05. The summed E-state index contributed by atoms with van der Waals surface area (Å²) in [7, 11) is 0. The monoisotopic (exact) mass is 341 g/mol. The molecule has 0 saturated heterocycles. The van der Waals surface area contributed by atoms with Crippen LogP contribution in [0.2, 0.25) is 0 Å². The first kappa shape index (κ1) is 16.8.